The number of aromatic nitrogens is 2. The van der Waals surface area contributed by atoms with E-state index in [4.69, 9.17) is 4.74 Å². The lowest BCUT2D eigenvalue weighted by Gasteiger charge is -2.43. The quantitative estimate of drug-likeness (QED) is 0.515. The smallest absolute Gasteiger partial charge is 0.406 e. The van der Waals surface area contributed by atoms with Crippen molar-refractivity contribution < 1.29 is 32.3 Å². The first-order valence-electron chi connectivity index (χ1n) is 12.7. The summed E-state index contributed by atoms with van der Waals surface area (Å²) >= 11 is 0. The van der Waals surface area contributed by atoms with Crippen LogP contribution < -0.4 is 15.4 Å². The van der Waals surface area contributed by atoms with E-state index < -0.39 is 54.0 Å². The predicted molar refractivity (Wildman–Crippen MR) is 135 cm³/mol. The summed E-state index contributed by atoms with van der Waals surface area (Å²) in [5.74, 6) is -1.71. The molecule has 0 bridgehead atoms. The zero-order valence-electron chi connectivity index (χ0n) is 21.2. The van der Waals surface area contributed by atoms with Crippen LogP contribution in [0.15, 0.2) is 60.9 Å². The molecule has 0 saturated carbocycles. The van der Waals surface area contributed by atoms with E-state index in [2.05, 4.69) is 20.6 Å². The van der Waals surface area contributed by atoms with Gasteiger partial charge in [-0.25, -0.2) is 9.97 Å². The van der Waals surface area contributed by atoms with E-state index >= 15 is 0 Å². The molecule has 0 radical (unpaired) electrons. The topological polar surface area (TPSA) is 114 Å². The summed E-state index contributed by atoms with van der Waals surface area (Å²) in [7, 11) is 0. The van der Waals surface area contributed by atoms with Crippen molar-refractivity contribution >= 4 is 23.5 Å². The Morgan fingerprint density at radius 1 is 1.18 bits per heavy atom. The molecule has 1 aromatic carbocycles. The molecule has 1 fully saturated rings. The molecule has 4 unspecified atom stereocenters. The predicted octanol–water partition coefficient (Wildman–Crippen LogP) is 3.32. The third-order valence-electron chi connectivity index (χ3n) is 7.77. The molecular weight excluding hydrogens is 527 g/mol. The number of benzene rings is 1. The first-order valence-corrected chi connectivity index (χ1v) is 12.7. The van der Waals surface area contributed by atoms with E-state index in [-0.39, 0.29) is 24.3 Å². The summed E-state index contributed by atoms with van der Waals surface area (Å²) in [6.07, 6.45) is -1.55. The fourth-order valence-electron chi connectivity index (χ4n) is 5.81. The SMILES string of the molecule is CC1C(c2ccccc2)CC(NC(=O)c2cnc3c(c2)CC2(O3)C(=O)Nc3ncccc32)C(=O)N1CC(F)(F)F. The maximum Gasteiger partial charge on any atom is 0.406 e. The Kier molecular flexibility index (Phi) is 6.00. The molecule has 3 aliphatic heterocycles. The lowest BCUT2D eigenvalue weighted by Crippen LogP contribution is -2.59. The zero-order chi connectivity index (χ0) is 28.2. The zero-order valence-corrected chi connectivity index (χ0v) is 21.2. The van der Waals surface area contributed by atoms with Gasteiger partial charge in [-0.05, 0) is 37.1 Å². The number of halogens is 3. The number of hydrogen-bond acceptors (Lipinski definition) is 6. The van der Waals surface area contributed by atoms with Crippen molar-refractivity contribution in [2.24, 2.45) is 0 Å². The number of nitrogens with one attached hydrogen (secondary N) is 2. The van der Waals surface area contributed by atoms with Crippen molar-refractivity contribution in [2.75, 3.05) is 11.9 Å². The molecule has 9 nitrogen and oxygen atoms in total. The number of hydrogen-bond donors (Lipinski definition) is 2. The van der Waals surface area contributed by atoms with Crippen LogP contribution in [-0.4, -0.2) is 57.4 Å². The molecule has 1 spiro atoms. The van der Waals surface area contributed by atoms with Crippen LogP contribution in [-0.2, 0) is 21.6 Å². The van der Waals surface area contributed by atoms with Gasteiger partial charge in [0, 0.05) is 41.9 Å². The van der Waals surface area contributed by atoms with Crippen LogP contribution >= 0.6 is 0 Å². The minimum atomic E-state index is -4.60. The van der Waals surface area contributed by atoms with Gasteiger partial charge in [0.05, 0.1) is 5.56 Å². The van der Waals surface area contributed by atoms with Crippen molar-refractivity contribution in [1.29, 1.82) is 0 Å². The minimum Gasteiger partial charge on any atom is -0.455 e. The second kappa shape index (κ2) is 9.32. The molecule has 3 amide bonds. The fraction of sp³-hybridized carbons (Fsp3) is 0.321. The van der Waals surface area contributed by atoms with Crippen LogP contribution in [0.1, 0.15) is 46.3 Å². The Morgan fingerprint density at radius 2 is 1.95 bits per heavy atom. The van der Waals surface area contributed by atoms with Crippen molar-refractivity contribution in [1.82, 2.24) is 20.2 Å². The Bertz CT molecular complexity index is 1520. The molecule has 206 valence electrons. The molecule has 2 aromatic heterocycles. The molecule has 40 heavy (non-hydrogen) atoms. The molecule has 12 heteroatoms. The van der Waals surface area contributed by atoms with E-state index in [0.717, 1.165) is 10.5 Å². The number of pyridine rings is 2. The first kappa shape index (κ1) is 25.8. The molecule has 5 heterocycles. The number of piperidine rings is 1. The number of likely N-dealkylation sites (tertiary alicyclic amines) is 1. The number of ether oxygens (including phenoxy) is 1. The van der Waals surface area contributed by atoms with E-state index in [1.807, 2.05) is 0 Å². The fourth-order valence-corrected chi connectivity index (χ4v) is 5.81. The third kappa shape index (κ3) is 4.33. The third-order valence-corrected chi connectivity index (χ3v) is 7.77. The van der Waals surface area contributed by atoms with E-state index in [9.17, 15) is 27.6 Å². The highest BCUT2D eigenvalue weighted by Crippen LogP contribution is 2.46. The summed E-state index contributed by atoms with van der Waals surface area (Å²) in [5, 5.41) is 5.33. The number of anilines is 1. The van der Waals surface area contributed by atoms with Gasteiger partial charge in [-0.15, -0.1) is 0 Å². The summed E-state index contributed by atoms with van der Waals surface area (Å²) in [6.45, 7) is 0.174. The van der Waals surface area contributed by atoms with Gasteiger partial charge in [0.2, 0.25) is 17.4 Å². The molecule has 2 N–H and O–H groups in total. The molecule has 4 atom stereocenters. The average Bonchev–Trinajstić information content (AvgIpc) is 3.44. The van der Waals surface area contributed by atoms with Crippen LogP contribution in [0.3, 0.4) is 0 Å². The normalized spacial score (nSPS) is 25.3. The van der Waals surface area contributed by atoms with Gasteiger partial charge in [-0.3, -0.25) is 14.4 Å². The second-order valence-corrected chi connectivity index (χ2v) is 10.2. The van der Waals surface area contributed by atoms with E-state index in [0.29, 0.717) is 16.9 Å². The number of carbonyl (C=O) groups excluding carboxylic acids is 3. The number of carbonyl (C=O) groups is 3. The maximum absolute atomic E-state index is 13.4. The number of rotatable bonds is 4. The number of alkyl halides is 3. The molecule has 6 rings (SSSR count). The van der Waals surface area contributed by atoms with Gasteiger partial charge in [-0.1, -0.05) is 30.3 Å². The number of amides is 3. The molecule has 3 aromatic rings. The van der Waals surface area contributed by atoms with Crippen molar-refractivity contribution in [2.45, 2.75) is 49.5 Å². The second-order valence-electron chi connectivity index (χ2n) is 10.2. The number of fused-ring (bicyclic) bond motifs is 3. The summed E-state index contributed by atoms with van der Waals surface area (Å²) in [6, 6.07) is 12.0. The summed E-state index contributed by atoms with van der Waals surface area (Å²) < 4.78 is 46.2. The van der Waals surface area contributed by atoms with Gasteiger partial charge in [0.15, 0.2) is 0 Å². The van der Waals surface area contributed by atoms with Gasteiger partial charge in [0.25, 0.3) is 11.8 Å². The van der Waals surface area contributed by atoms with Gasteiger partial charge >= 0.3 is 6.18 Å². The molecule has 3 aliphatic rings. The summed E-state index contributed by atoms with van der Waals surface area (Å²) in [4.78, 5) is 48.5. The van der Waals surface area contributed by atoms with Crippen molar-refractivity contribution in [3.8, 4) is 5.88 Å². The highest BCUT2D eigenvalue weighted by Gasteiger charge is 2.54. The van der Waals surface area contributed by atoms with Crippen molar-refractivity contribution in [3.63, 3.8) is 0 Å². The number of nitrogens with zero attached hydrogens (tertiary/aromatic N) is 3. The largest absolute Gasteiger partial charge is 0.455 e. The minimum absolute atomic E-state index is 0.0919. The van der Waals surface area contributed by atoms with E-state index in [1.165, 1.54) is 12.3 Å². The lowest BCUT2D eigenvalue weighted by molar-refractivity contribution is -0.170. The Balaban J connectivity index is 1.25. The van der Waals surface area contributed by atoms with Crippen molar-refractivity contribution in [3.05, 3.63) is 83.2 Å². The molecule has 0 aliphatic carbocycles. The van der Waals surface area contributed by atoms with Crippen LogP contribution in [0.5, 0.6) is 5.88 Å². The van der Waals surface area contributed by atoms with Gasteiger partial charge in [-0.2, -0.15) is 13.2 Å². The molecular formula is C28H24F3N5O4. The molecule has 1 saturated heterocycles. The first-order chi connectivity index (χ1) is 19.1. The Morgan fingerprint density at radius 3 is 2.70 bits per heavy atom. The summed E-state index contributed by atoms with van der Waals surface area (Å²) in [5.41, 5.74) is 0.575. The highest BCUT2D eigenvalue weighted by molar-refractivity contribution is 6.05. The van der Waals surface area contributed by atoms with Gasteiger partial charge in [0.1, 0.15) is 18.4 Å². The average molecular weight is 552 g/mol. The lowest BCUT2D eigenvalue weighted by atomic mass is 9.81. The van der Waals surface area contributed by atoms with E-state index in [1.54, 1.807) is 55.6 Å². The Hall–Kier alpha value is -4.48. The van der Waals surface area contributed by atoms with Gasteiger partial charge < -0.3 is 20.3 Å². The van der Waals surface area contributed by atoms with Crippen LogP contribution in [0.2, 0.25) is 0 Å². The van der Waals surface area contributed by atoms with Crippen LogP contribution in [0.4, 0.5) is 19.0 Å². The Labute approximate surface area is 226 Å². The highest BCUT2D eigenvalue weighted by atomic mass is 19.4. The van der Waals surface area contributed by atoms with Crippen LogP contribution in [0, 0.1) is 0 Å². The maximum atomic E-state index is 13.4. The standard InChI is InChI=1S/C28H24F3N5O4/c1-15-19(16-6-3-2-4-7-16)11-21(25(38)36(15)14-28(29,30)31)34-23(37)18-10-17-12-27(40-24(17)33-13-18)20-8-5-9-32-22(20)35-26(27)39/h2-10,13,15,19,21H,11-12,14H2,1H3,(H,34,37)(H,32,35,39). The van der Waals surface area contributed by atoms with Crippen LogP contribution in [0.25, 0.3) is 0 Å². The monoisotopic (exact) mass is 551 g/mol.